The molecule has 6 N–H and O–H groups in total. The Morgan fingerprint density at radius 1 is 0.586 bits per heavy atom. The molecule has 0 aromatic rings. The van der Waals surface area contributed by atoms with Crippen LogP contribution in [0, 0.1) is 5.41 Å². The molecule has 0 aliphatic carbocycles. The van der Waals surface area contributed by atoms with Crippen molar-refractivity contribution < 1.29 is 34.7 Å². The summed E-state index contributed by atoms with van der Waals surface area (Å²) in [6, 6.07) is 0. The second kappa shape index (κ2) is 24.4. The molecule has 0 fully saturated rings. The van der Waals surface area contributed by atoms with Crippen LogP contribution in [-0.4, -0.2) is 63.0 Å². The van der Waals surface area contributed by atoms with Gasteiger partial charge in [-0.15, -0.1) is 0 Å². The fourth-order valence-corrected chi connectivity index (χ4v) is 2.97. The van der Waals surface area contributed by atoms with Gasteiger partial charge in [0.2, 0.25) is 0 Å². The fraction of sp³-hybridized carbons (Fsp3) is 1.00. The van der Waals surface area contributed by atoms with E-state index in [-0.39, 0.29) is 26.4 Å². The zero-order valence-corrected chi connectivity index (χ0v) is 19.4. The van der Waals surface area contributed by atoms with E-state index in [1.54, 1.807) is 0 Å². The Morgan fingerprint density at radius 3 is 1.21 bits per heavy atom. The first-order chi connectivity index (χ1) is 14.0. The normalized spacial score (nSPS) is 11.6. The average Bonchev–Trinajstić information content (AvgIpc) is 2.70. The van der Waals surface area contributed by atoms with Gasteiger partial charge >= 0.3 is 8.60 Å². The van der Waals surface area contributed by atoms with Crippen LogP contribution in [0.1, 0.15) is 96.8 Å². The quantitative estimate of drug-likeness (QED) is 0.125. The average molecular weight is 443 g/mol. The number of hydrogen-bond donors (Lipinski definition) is 6. The summed E-state index contributed by atoms with van der Waals surface area (Å²) in [5.74, 6) is 0. The number of hydrogen-bond acceptors (Lipinski definition) is 7. The summed E-state index contributed by atoms with van der Waals surface area (Å²) in [5.41, 5.74) is -0.893. The van der Waals surface area contributed by atoms with E-state index < -0.39 is 14.0 Å². The lowest BCUT2D eigenvalue weighted by Crippen LogP contribution is -2.38. The maximum Gasteiger partial charge on any atom is 0.324 e. The van der Waals surface area contributed by atoms with Gasteiger partial charge in [0, 0.05) is 6.61 Å². The van der Waals surface area contributed by atoms with Crippen LogP contribution in [0.3, 0.4) is 0 Å². The minimum atomic E-state index is -2.62. The molecule has 8 heteroatoms. The van der Waals surface area contributed by atoms with E-state index in [1.807, 2.05) is 0 Å². The van der Waals surface area contributed by atoms with E-state index in [0.717, 1.165) is 6.42 Å². The number of rotatable bonds is 20. The van der Waals surface area contributed by atoms with Crippen molar-refractivity contribution >= 4 is 8.60 Å². The maximum absolute atomic E-state index is 9.20. The van der Waals surface area contributed by atoms with E-state index in [1.165, 1.54) is 83.5 Å². The lowest BCUT2D eigenvalue weighted by molar-refractivity contribution is -0.0582. The number of aliphatic hydroxyl groups is 3. The van der Waals surface area contributed by atoms with Crippen molar-refractivity contribution in [2.45, 2.75) is 96.8 Å². The largest absolute Gasteiger partial charge is 0.396 e. The molecule has 0 spiro atoms. The predicted molar refractivity (Wildman–Crippen MR) is 118 cm³/mol. The van der Waals surface area contributed by atoms with Crippen molar-refractivity contribution in [1.29, 1.82) is 0 Å². The minimum absolute atomic E-state index is 0.217. The molecule has 0 bridgehead atoms. The summed E-state index contributed by atoms with van der Waals surface area (Å²) >= 11 is 0. The molecule has 0 amide bonds. The van der Waals surface area contributed by atoms with Gasteiger partial charge in [0.15, 0.2) is 0 Å². The van der Waals surface area contributed by atoms with Crippen LogP contribution in [0.5, 0.6) is 0 Å². The lowest BCUT2D eigenvalue weighted by Gasteiger charge is -2.26. The van der Waals surface area contributed by atoms with Crippen molar-refractivity contribution in [1.82, 2.24) is 0 Å². The highest BCUT2D eigenvalue weighted by atomic mass is 31.2. The molecule has 0 aliphatic heterocycles. The van der Waals surface area contributed by atoms with Crippen molar-refractivity contribution in [3.8, 4) is 0 Å². The van der Waals surface area contributed by atoms with Gasteiger partial charge in [0.05, 0.1) is 31.8 Å². The van der Waals surface area contributed by atoms with Crippen LogP contribution in [0.15, 0.2) is 0 Å². The molecule has 0 radical (unpaired) electrons. The van der Waals surface area contributed by atoms with Crippen LogP contribution in [0.2, 0.25) is 0 Å². The summed E-state index contributed by atoms with van der Waals surface area (Å²) in [7, 11) is -2.62. The van der Waals surface area contributed by atoms with Gasteiger partial charge in [0.1, 0.15) is 0 Å². The molecule has 0 aromatic heterocycles. The monoisotopic (exact) mass is 442 g/mol. The van der Waals surface area contributed by atoms with Crippen LogP contribution in [0.4, 0.5) is 0 Å². The van der Waals surface area contributed by atoms with E-state index >= 15 is 0 Å². The molecule has 0 rings (SSSR count). The molecule has 0 aliphatic rings. The third-order valence-corrected chi connectivity index (χ3v) is 5.06. The maximum atomic E-state index is 9.20. The Hall–Kier alpha value is 0.150. The second-order valence-electron chi connectivity index (χ2n) is 7.89. The number of unbranched alkanes of at least 4 members (excludes halogenated alkanes) is 13. The predicted octanol–water partition coefficient (Wildman–Crippen LogP) is 3.64. The van der Waals surface area contributed by atoms with Crippen LogP contribution < -0.4 is 0 Å². The molecular formula is C21H47O7P. The van der Waals surface area contributed by atoms with Gasteiger partial charge < -0.3 is 34.7 Å². The minimum Gasteiger partial charge on any atom is -0.396 e. The molecular weight excluding hydrogens is 395 g/mol. The van der Waals surface area contributed by atoms with Gasteiger partial charge in [-0.25, -0.2) is 0 Å². The Morgan fingerprint density at radius 2 is 0.897 bits per heavy atom. The van der Waals surface area contributed by atoms with Crippen LogP contribution >= 0.6 is 8.60 Å². The Balaban J connectivity index is 0. The third kappa shape index (κ3) is 24.3. The molecule has 0 atom stereocenters. The Bertz CT molecular complexity index is 292. The topological polar surface area (TPSA) is 131 Å². The fourth-order valence-electron chi connectivity index (χ4n) is 2.97. The Labute approximate surface area is 179 Å². The second-order valence-corrected chi connectivity index (χ2v) is 8.43. The molecule has 29 heavy (non-hydrogen) atoms. The van der Waals surface area contributed by atoms with Gasteiger partial charge in [-0.2, -0.15) is 0 Å². The molecule has 0 aromatic carbocycles. The van der Waals surface area contributed by atoms with Crippen molar-refractivity contribution in [2.75, 3.05) is 33.0 Å². The highest BCUT2D eigenvalue weighted by Crippen LogP contribution is 2.16. The first kappa shape index (κ1) is 31.3. The summed E-state index contributed by atoms with van der Waals surface area (Å²) in [6.45, 7) is 2.37. The van der Waals surface area contributed by atoms with Gasteiger partial charge in [-0.05, 0) is 6.42 Å². The first-order valence-corrected chi connectivity index (χ1v) is 12.4. The lowest BCUT2D eigenvalue weighted by atomic mass is 9.93. The number of ether oxygens (including phenoxy) is 1. The number of aliphatic hydroxyl groups excluding tert-OH is 3. The molecule has 7 nitrogen and oxygen atoms in total. The van der Waals surface area contributed by atoms with E-state index in [0.29, 0.717) is 6.61 Å². The van der Waals surface area contributed by atoms with Crippen LogP contribution in [-0.2, 0) is 4.74 Å². The molecule has 0 saturated heterocycles. The smallest absolute Gasteiger partial charge is 0.324 e. The van der Waals surface area contributed by atoms with E-state index in [4.69, 9.17) is 19.4 Å². The highest BCUT2D eigenvalue weighted by molar-refractivity contribution is 7.38. The summed E-state index contributed by atoms with van der Waals surface area (Å²) in [6.07, 6.45) is 18.7. The zero-order chi connectivity index (χ0) is 22.2. The van der Waals surface area contributed by atoms with Gasteiger partial charge in [0.25, 0.3) is 0 Å². The van der Waals surface area contributed by atoms with Crippen molar-refractivity contribution in [3.05, 3.63) is 0 Å². The van der Waals surface area contributed by atoms with Gasteiger partial charge in [-0.1, -0.05) is 90.4 Å². The van der Waals surface area contributed by atoms with E-state index in [2.05, 4.69) is 6.92 Å². The molecule has 0 unspecified atom stereocenters. The van der Waals surface area contributed by atoms with E-state index in [9.17, 15) is 15.3 Å². The SMILES string of the molecule is CCCCCCCCCCCCCCCCOCC(CO)(CO)CO.OP(O)O. The molecule has 0 heterocycles. The standard InChI is InChI=1S/C21H44O4.H3O3P/c1-2-3-4-5-6-7-8-9-10-11-12-13-14-15-16-25-20-21(17-22,18-23)19-24;1-4(2)3/h22-24H,2-20H2,1H3;1-3H. The van der Waals surface area contributed by atoms with Crippen molar-refractivity contribution in [2.24, 2.45) is 5.41 Å². The Kier molecular flexibility index (Phi) is 26.4. The van der Waals surface area contributed by atoms with Crippen molar-refractivity contribution in [3.63, 3.8) is 0 Å². The summed E-state index contributed by atoms with van der Waals surface area (Å²) in [5, 5.41) is 27.6. The zero-order valence-electron chi connectivity index (χ0n) is 18.5. The molecule has 0 saturated carbocycles. The molecule has 178 valence electrons. The third-order valence-electron chi connectivity index (χ3n) is 5.06. The highest BCUT2D eigenvalue weighted by Gasteiger charge is 2.28. The first-order valence-electron chi connectivity index (χ1n) is 11.2. The summed E-state index contributed by atoms with van der Waals surface area (Å²) < 4.78 is 5.50. The summed E-state index contributed by atoms with van der Waals surface area (Å²) in [4.78, 5) is 21.7. The van der Waals surface area contributed by atoms with Crippen LogP contribution in [0.25, 0.3) is 0 Å². The van der Waals surface area contributed by atoms with Gasteiger partial charge in [-0.3, -0.25) is 0 Å².